The molecule has 4 rings (SSSR count). The predicted molar refractivity (Wildman–Crippen MR) is 128 cm³/mol. The molecule has 0 bridgehead atoms. The Labute approximate surface area is 199 Å². The highest BCUT2D eigenvalue weighted by molar-refractivity contribution is 6.30. The van der Waals surface area contributed by atoms with Crippen LogP contribution in [0.4, 0.5) is 0 Å². The van der Waals surface area contributed by atoms with Crippen LogP contribution in [0.15, 0.2) is 58.9 Å². The first kappa shape index (κ1) is 23.1. The van der Waals surface area contributed by atoms with Crippen LogP contribution in [-0.4, -0.2) is 18.9 Å². The lowest BCUT2D eigenvalue weighted by Crippen LogP contribution is -2.34. The number of halogens is 1. The van der Waals surface area contributed by atoms with Crippen LogP contribution in [0.25, 0.3) is 0 Å². The smallest absolute Gasteiger partial charge is 0.336 e. The number of aryl methyl sites for hydroxylation is 2. The summed E-state index contributed by atoms with van der Waals surface area (Å²) in [5.74, 6) is -0.0759. The lowest BCUT2D eigenvalue weighted by Gasteiger charge is -2.35. The molecule has 0 fully saturated rings. The third-order valence-electron chi connectivity index (χ3n) is 6.42. The first-order valence-corrected chi connectivity index (χ1v) is 11.5. The van der Waals surface area contributed by atoms with E-state index in [1.165, 1.54) is 7.11 Å². The Kier molecular flexibility index (Phi) is 6.61. The van der Waals surface area contributed by atoms with Crippen molar-refractivity contribution in [3.63, 3.8) is 0 Å². The average molecular weight is 466 g/mol. The average Bonchev–Trinajstić information content (AvgIpc) is 2.78. The maximum Gasteiger partial charge on any atom is 0.336 e. The molecular weight excluding hydrogens is 438 g/mol. The molecule has 0 aromatic heterocycles. The fourth-order valence-corrected chi connectivity index (χ4v) is 4.88. The number of Topliss-reactive ketones (excluding diaryl/α,β-unsaturated/α-hetero) is 1. The largest absolute Gasteiger partial charge is 0.489 e. The summed E-state index contributed by atoms with van der Waals surface area (Å²) in [5, 5.41) is 3.97. The van der Waals surface area contributed by atoms with Crippen LogP contribution in [0.3, 0.4) is 0 Å². The Morgan fingerprint density at radius 3 is 2.52 bits per heavy atom. The molecule has 1 N–H and O–H groups in total. The van der Waals surface area contributed by atoms with E-state index in [0.29, 0.717) is 29.2 Å². The van der Waals surface area contributed by atoms with Gasteiger partial charge in [-0.05, 0) is 80.1 Å². The van der Waals surface area contributed by atoms with Crippen LogP contribution in [0.1, 0.15) is 54.4 Å². The van der Waals surface area contributed by atoms with Gasteiger partial charge in [0.2, 0.25) is 0 Å². The molecule has 0 radical (unpaired) electrons. The third kappa shape index (κ3) is 4.55. The summed E-state index contributed by atoms with van der Waals surface area (Å²) in [6.45, 7) is 6.29. The van der Waals surface area contributed by atoms with Crippen molar-refractivity contribution in [3.8, 4) is 5.75 Å². The van der Waals surface area contributed by atoms with E-state index in [1.807, 2.05) is 32.9 Å². The van der Waals surface area contributed by atoms with Gasteiger partial charge in [0, 0.05) is 34.3 Å². The van der Waals surface area contributed by atoms with Gasteiger partial charge in [-0.2, -0.15) is 0 Å². The van der Waals surface area contributed by atoms with Gasteiger partial charge in [0.25, 0.3) is 0 Å². The molecule has 0 saturated carbocycles. The van der Waals surface area contributed by atoms with E-state index < -0.39 is 11.9 Å². The highest BCUT2D eigenvalue weighted by Gasteiger charge is 2.39. The summed E-state index contributed by atoms with van der Waals surface area (Å²) in [6.07, 6.45) is 2.09. The molecule has 1 atom stereocenters. The Balaban J connectivity index is 1.78. The molecule has 6 heteroatoms. The van der Waals surface area contributed by atoms with Gasteiger partial charge >= 0.3 is 5.97 Å². The van der Waals surface area contributed by atoms with Gasteiger partial charge < -0.3 is 14.8 Å². The number of benzene rings is 2. The van der Waals surface area contributed by atoms with Crippen molar-refractivity contribution in [1.29, 1.82) is 0 Å². The van der Waals surface area contributed by atoms with Gasteiger partial charge in [-0.15, -0.1) is 0 Å². The Bertz CT molecular complexity index is 1180. The molecule has 2 aromatic carbocycles. The van der Waals surface area contributed by atoms with Crippen molar-refractivity contribution in [1.82, 2.24) is 5.32 Å². The highest BCUT2D eigenvalue weighted by atomic mass is 35.5. The van der Waals surface area contributed by atoms with E-state index in [2.05, 4.69) is 17.4 Å². The molecular formula is C27H28ClNO4. The Hall–Kier alpha value is -3.05. The predicted octanol–water partition coefficient (Wildman–Crippen LogP) is 5.68. The Morgan fingerprint density at radius 1 is 1.09 bits per heavy atom. The van der Waals surface area contributed by atoms with Gasteiger partial charge in [-0.25, -0.2) is 4.79 Å². The maximum atomic E-state index is 13.1. The van der Waals surface area contributed by atoms with Gasteiger partial charge in [0.05, 0.1) is 12.7 Å². The van der Waals surface area contributed by atoms with Gasteiger partial charge in [-0.3, -0.25) is 4.79 Å². The Morgan fingerprint density at radius 2 is 1.82 bits per heavy atom. The van der Waals surface area contributed by atoms with Crippen LogP contribution in [0.2, 0.25) is 5.02 Å². The zero-order chi connectivity index (χ0) is 23.7. The second-order valence-corrected chi connectivity index (χ2v) is 9.07. The normalized spacial score (nSPS) is 18.1. The van der Waals surface area contributed by atoms with Crippen LogP contribution in [-0.2, 0) is 20.9 Å². The summed E-state index contributed by atoms with van der Waals surface area (Å²) in [6, 6.07) is 11.4. The van der Waals surface area contributed by atoms with E-state index in [4.69, 9.17) is 21.1 Å². The molecule has 0 saturated heterocycles. The van der Waals surface area contributed by atoms with Crippen molar-refractivity contribution >= 4 is 23.4 Å². The van der Waals surface area contributed by atoms with Crippen LogP contribution < -0.4 is 10.1 Å². The fraction of sp³-hybridized carbons (Fsp3) is 0.333. The summed E-state index contributed by atoms with van der Waals surface area (Å²) >= 11 is 5.97. The number of dihydropyridines is 1. The van der Waals surface area contributed by atoms with Crippen molar-refractivity contribution in [2.45, 2.75) is 52.6 Å². The number of hydrogen-bond acceptors (Lipinski definition) is 5. The second-order valence-electron chi connectivity index (χ2n) is 8.64. The lowest BCUT2D eigenvalue weighted by molar-refractivity contribution is -0.136. The zero-order valence-electron chi connectivity index (χ0n) is 19.4. The molecule has 0 unspecified atom stereocenters. The monoisotopic (exact) mass is 465 g/mol. The van der Waals surface area contributed by atoms with Crippen molar-refractivity contribution < 1.29 is 19.1 Å². The highest BCUT2D eigenvalue weighted by Crippen LogP contribution is 2.44. The number of carbonyl (C=O) groups is 2. The number of carbonyl (C=O) groups excluding carboxylic acids is 2. The van der Waals surface area contributed by atoms with Crippen molar-refractivity contribution in [2.24, 2.45) is 0 Å². The SMILES string of the molecule is COC(=O)C1=C(C)NC2=C(C(=O)CCC2)[C@@H]1c1cc(COc2ccc(Cl)cc2)c(C)cc1C. The molecule has 2 aliphatic rings. The summed E-state index contributed by atoms with van der Waals surface area (Å²) < 4.78 is 11.1. The van der Waals surface area contributed by atoms with E-state index in [-0.39, 0.29) is 5.78 Å². The van der Waals surface area contributed by atoms with Crippen molar-refractivity contribution in [3.05, 3.63) is 86.2 Å². The molecule has 2 aromatic rings. The second kappa shape index (κ2) is 9.44. The molecule has 33 heavy (non-hydrogen) atoms. The van der Waals surface area contributed by atoms with E-state index in [1.54, 1.807) is 12.1 Å². The molecule has 1 aliphatic carbocycles. The first-order valence-electron chi connectivity index (χ1n) is 11.1. The van der Waals surface area contributed by atoms with E-state index in [9.17, 15) is 9.59 Å². The quantitative estimate of drug-likeness (QED) is 0.576. The fourth-order valence-electron chi connectivity index (χ4n) is 4.75. The minimum atomic E-state index is -0.462. The first-order chi connectivity index (χ1) is 15.8. The van der Waals surface area contributed by atoms with Crippen LogP contribution in [0, 0.1) is 13.8 Å². The number of esters is 1. The number of nitrogens with one attached hydrogen (secondary N) is 1. The molecule has 1 heterocycles. The maximum absolute atomic E-state index is 13.1. The number of allylic oxidation sites excluding steroid dienone is 3. The summed E-state index contributed by atoms with van der Waals surface area (Å²) in [5.41, 5.74) is 6.86. The number of rotatable bonds is 5. The van der Waals surface area contributed by atoms with Crippen molar-refractivity contribution in [2.75, 3.05) is 7.11 Å². The molecule has 172 valence electrons. The van der Waals surface area contributed by atoms with Crippen LogP contribution in [0.5, 0.6) is 5.75 Å². The van der Waals surface area contributed by atoms with Crippen LogP contribution >= 0.6 is 11.6 Å². The molecule has 0 amide bonds. The van der Waals surface area contributed by atoms with Gasteiger partial charge in [-0.1, -0.05) is 23.7 Å². The number of hydrogen-bond donors (Lipinski definition) is 1. The van der Waals surface area contributed by atoms with Gasteiger partial charge in [0.15, 0.2) is 5.78 Å². The topological polar surface area (TPSA) is 64.6 Å². The minimum absolute atomic E-state index is 0.0848. The van der Waals surface area contributed by atoms with E-state index >= 15 is 0 Å². The summed E-state index contributed by atoms with van der Waals surface area (Å²) in [4.78, 5) is 25.9. The summed E-state index contributed by atoms with van der Waals surface area (Å²) in [7, 11) is 1.37. The lowest BCUT2D eigenvalue weighted by atomic mass is 9.73. The molecule has 0 spiro atoms. The minimum Gasteiger partial charge on any atom is -0.489 e. The zero-order valence-corrected chi connectivity index (χ0v) is 20.1. The number of methoxy groups -OCH3 is 1. The number of ether oxygens (including phenoxy) is 2. The number of ketones is 1. The molecule has 5 nitrogen and oxygen atoms in total. The molecule has 1 aliphatic heterocycles. The third-order valence-corrected chi connectivity index (χ3v) is 6.68. The van der Waals surface area contributed by atoms with E-state index in [0.717, 1.165) is 52.2 Å². The van der Waals surface area contributed by atoms with Gasteiger partial charge in [0.1, 0.15) is 12.4 Å². The standard InChI is InChI=1S/C27H28ClNO4/c1-15-12-16(2)21(13-18(15)14-33-20-10-8-19(28)9-11-20)25-24(27(31)32-4)17(3)29-22-6-5-7-23(30)26(22)25/h8-13,25,29H,5-7,14H2,1-4H3/t25-/m1/s1.